The first-order valence-electron chi connectivity index (χ1n) is 36.3. The third-order valence-electron chi connectivity index (χ3n) is 16.9. The molecule has 0 radical (unpaired) electrons. The largest absolute Gasteiger partial charge is 0.466 e. The van der Waals surface area contributed by atoms with Gasteiger partial charge >= 0.3 is 5.97 Å². The van der Waals surface area contributed by atoms with Crippen molar-refractivity contribution in [2.75, 3.05) is 13.2 Å². The smallest absolute Gasteiger partial charge is 0.305 e. The molecular formula is C74H141NO5. The zero-order valence-corrected chi connectivity index (χ0v) is 54.1. The van der Waals surface area contributed by atoms with Crippen molar-refractivity contribution >= 4 is 11.9 Å². The van der Waals surface area contributed by atoms with Gasteiger partial charge in [0.15, 0.2) is 0 Å². The summed E-state index contributed by atoms with van der Waals surface area (Å²) in [7, 11) is 0. The van der Waals surface area contributed by atoms with Crippen molar-refractivity contribution in [3.05, 3.63) is 36.5 Å². The average Bonchev–Trinajstić information content (AvgIpc) is 3.46. The van der Waals surface area contributed by atoms with E-state index >= 15 is 0 Å². The fraction of sp³-hybridized carbons (Fsp3) is 0.892. The van der Waals surface area contributed by atoms with E-state index in [2.05, 4.69) is 43.5 Å². The number of unbranched alkanes of at least 4 members (excludes halogenated alkanes) is 53. The molecule has 0 aromatic carbocycles. The molecule has 2 atom stereocenters. The lowest BCUT2D eigenvalue weighted by molar-refractivity contribution is -0.143. The topological polar surface area (TPSA) is 95.9 Å². The molecule has 0 spiro atoms. The van der Waals surface area contributed by atoms with Crippen LogP contribution in [-0.4, -0.2) is 47.4 Å². The number of esters is 1. The molecule has 0 aromatic heterocycles. The van der Waals surface area contributed by atoms with Crippen molar-refractivity contribution in [3.8, 4) is 0 Å². The van der Waals surface area contributed by atoms with E-state index in [1.54, 1.807) is 6.08 Å². The Hall–Kier alpha value is -1.92. The summed E-state index contributed by atoms with van der Waals surface area (Å²) in [5, 5.41) is 23.2. The van der Waals surface area contributed by atoms with Gasteiger partial charge in [-0.15, -0.1) is 0 Å². The summed E-state index contributed by atoms with van der Waals surface area (Å²) in [6, 6.07) is -0.626. The van der Waals surface area contributed by atoms with E-state index < -0.39 is 12.1 Å². The maximum atomic E-state index is 12.5. The van der Waals surface area contributed by atoms with E-state index in [-0.39, 0.29) is 18.5 Å². The molecule has 0 aliphatic carbocycles. The predicted molar refractivity (Wildman–Crippen MR) is 352 cm³/mol. The Morgan fingerprint density at radius 2 is 0.625 bits per heavy atom. The molecule has 0 aliphatic heterocycles. The zero-order chi connectivity index (χ0) is 57.8. The summed E-state index contributed by atoms with van der Waals surface area (Å²) in [6.45, 7) is 4.91. The van der Waals surface area contributed by atoms with Gasteiger partial charge in [-0.05, 0) is 64.2 Å². The molecular weight excluding hydrogens is 983 g/mol. The third kappa shape index (κ3) is 65.2. The molecule has 472 valence electrons. The van der Waals surface area contributed by atoms with E-state index in [1.807, 2.05) is 6.08 Å². The molecule has 0 aromatic rings. The second kappa shape index (κ2) is 69.6. The summed E-state index contributed by atoms with van der Waals surface area (Å²) in [5.74, 6) is -0.0505. The van der Waals surface area contributed by atoms with E-state index in [0.29, 0.717) is 19.4 Å². The van der Waals surface area contributed by atoms with Crippen LogP contribution in [0.25, 0.3) is 0 Å². The third-order valence-corrected chi connectivity index (χ3v) is 16.9. The molecule has 80 heavy (non-hydrogen) atoms. The Kier molecular flexibility index (Phi) is 67.9. The van der Waals surface area contributed by atoms with Gasteiger partial charge in [-0.2, -0.15) is 0 Å². The number of allylic oxidation sites excluding steroid dienone is 5. The standard InChI is InChI=1S/C74H141NO5/c1-3-5-7-9-11-13-15-17-19-21-35-38-42-46-50-54-58-62-66-72(77)71(70-76)75-73(78)67-63-59-55-51-47-43-39-36-32-30-28-26-24-22-23-25-27-29-31-33-37-41-45-49-53-57-61-65-69-80-74(79)68-64-60-56-52-48-44-40-34-20-18-16-14-12-10-8-6-4-2/h12,14,18,20,62,66,71-72,76-77H,3-11,13,15-17,19,21-61,63-65,67-70H2,1-2H3,(H,75,78)/b14-12-,20-18-,66-62+. The first-order chi connectivity index (χ1) is 39.5. The molecule has 1 amide bonds. The number of rotatable bonds is 68. The number of aliphatic hydroxyl groups is 2. The number of carbonyl (C=O) groups is 2. The summed E-state index contributed by atoms with van der Waals surface area (Å²) in [5.41, 5.74) is 0. The number of aliphatic hydroxyl groups excluding tert-OH is 2. The van der Waals surface area contributed by atoms with E-state index in [1.165, 1.54) is 321 Å². The van der Waals surface area contributed by atoms with Crippen molar-refractivity contribution in [3.63, 3.8) is 0 Å². The lowest BCUT2D eigenvalue weighted by Gasteiger charge is -2.20. The molecule has 0 aliphatic rings. The monoisotopic (exact) mass is 1120 g/mol. The Labute approximate surface area is 500 Å². The summed E-state index contributed by atoms with van der Waals surface area (Å²) >= 11 is 0. The maximum Gasteiger partial charge on any atom is 0.305 e. The molecule has 3 N–H and O–H groups in total. The van der Waals surface area contributed by atoms with E-state index in [0.717, 1.165) is 51.4 Å². The SMILES string of the molecule is CCCCC/C=C\C/C=C\CCCCCCCCCC(=O)OCCCCCCCCCCCCCCCCCCCCCCCCCCCCCCC(=O)NC(CO)C(O)/C=C/CCCCCCCCCCCCCCCCCC. The molecule has 0 fully saturated rings. The lowest BCUT2D eigenvalue weighted by atomic mass is 10.0. The highest BCUT2D eigenvalue weighted by atomic mass is 16.5. The van der Waals surface area contributed by atoms with Gasteiger partial charge in [-0.1, -0.05) is 359 Å². The first-order valence-corrected chi connectivity index (χ1v) is 36.3. The van der Waals surface area contributed by atoms with Crippen molar-refractivity contribution in [2.45, 2.75) is 411 Å². The average molecular weight is 1120 g/mol. The molecule has 6 heteroatoms. The van der Waals surface area contributed by atoms with Crippen molar-refractivity contribution < 1.29 is 24.5 Å². The summed E-state index contributed by atoms with van der Waals surface area (Å²) < 4.78 is 5.50. The van der Waals surface area contributed by atoms with Crippen molar-refractivity contribution in [1.82, 2.24) is 5.32 Å². The molecule has 0 rings (SSSR count). The second-order valence-corrected chi connectivity index (χ2v) is 24.9. The van der Waals surface area contributed by atoms with E-state index in [4.69, 9.17) is 4.74 Å². The van der Waals surface area contributed by atoms with Crippen LogP contribution in [0.4, 0.5) is 0 Å². The highest BCUT2D eigenvalue weighted by molar-refractivity contribution is 5.76. The highest BCUT2D eigenvalue weighted by Gasteiger charge is 2.18. The van der Waals surface area contributed by atoms with Crippen LogP contribution in [-0.2, 0) is 14.3 Å². The number of ether oxygens (including phenoxy) is 1. The van der Waals surface area contributed by atoms with Gasteiger partial charge in [0.1, 0.15) is 0 Å². The molecule has 0 bridgehead atoms. The van der Waals surface area contributed by atoms with Crippen molar-refractivity contribution in [1.29, 1.82) is 0 Å². The van der Waals surface area contributed by atoms with Crippen LogP contribution in [0.15, 0.2) is 36.5 Å². The minimum atomic E-state index is -0.843. The lowest BCUT2D eigenvalue weighted by Crippen LogP contribution is -2.45. The Morgan fingerprint density at radius 1 is 0.350 bits per heavy atom. The molecule has 0 saturated carbocycles. The van der Waals surface area contributed by atoms with Crippen LogP contribution in [0.1, 0.15) is 399 Å². The molecule has 0 saturated heterocycles. The van der Waals surface area contributed by atoms with Crippen LogP contribution >= 0.6 is 0 Å². The fourth-order valence-corrected chi connectivity index (χ4v) is 11.4. The summed E-state index contributed by atoms with van der Waals surface area (Å²) in [4.78, 5) is 24.6. The van der Waals surface area contributed by atoms with Crippen LogP contribution in [0.2, 0.25) is 0 Å². The van der Waals surface area contributed by atoms with Crippen LogP contribution in [0.3, 0.4) is 0 Å². The number of hydrogen-bond acceptors (Lipinski definition) is 5. The van der Waals surface area contributed by atoms with Gasteiger partial charge in [-0.3, -0.25) is 9.59 Å². The van der Waals surface area contributed by atoms with Gasteiger partial charge in [0, 0.05) is 12.8 Å². The normalized spacial score (nSPS) is 12.7. The van der Waals surface area contributed by atoms with Gasteiger partial charge in [0.05, 0.1) is 25.4 Å². The van der Waals surface area contributed by atoms with Crippen molar-refractivity contribution in [2.24, 2.45) is 0 Å². The number of carbonyl (C=O) groups excluding carboxylic acids is 2. The predicted octanol–water partition coefficient (Wildman–Crippen LogP) is 23.5. The second-order valence-electron chi connectivity index (χ2n) is 24.9. The zero-order valence-electron chi connectivity index (χ0n) is 54.1. The molecule has 2 unspecified atom stereocenters. The van der Waals surface area contributed by atoms with Gasteiger partial charge < -0.3 is 20.3 Å². The number of hydrogen-bond donors (Lipinski definition) is 3. The minimum absolute atomic E-state index is 0.0112. The van der Waals surface area contributed by atoms with Gasteiger partial charge in [0.2, 0.25) is 5.91 Å². The first kappa shape index (κ1) is 78.1. The van der Waals surface area contributed by atoms with Crippen LogP contribution in [0, 0.1) is 0 Å². The minimum Gasteiger partial charge on any atom is -0.466 e. The number of nitrogens with one attached hydrogen (secondary N) is 1. The van der Waals surface area contributed by atoms with Crippen LogP contribution in [0.5, 0.6) is 0 Å². The molecule has 0 heterocycles. The Bertz CT molecular complexity index is 1300. The number of amides is 1. The fourth-order valence-electron chi connectivity index (χ4n) is 11.4. The summed E-state index contributed by atoms with van der Waals surface area (Å²) in [6.07, 6.45) is 89.4. The molecule has 6 nitrogen and oxygen atoms in total. The maximum absolute atomic E-state index is 12.5. The van der Waals surface area contributed by atoms with Gasteiger partial charge in [-0.25, -0.2) is 0 Å². The van der Waals surface area contributed by atoms with E-state index in [9.17, 15) is 19.8 Å². The Balaban J connectivity index is 3.36. The van der Waals surface area contributed by atoms with Gasteiger partial charge in [0.25, 0.3) is 0 Å². The quantitative estimate of drug-likeness (QED) is 0.0320. The van der Waals surface area contributed by atoms with Crippen LogP contribution < -0.4 is 5.32 Å². The Morgan fingerprint density at radius 3 is 0.975 bits per heavy atom. The highest BCUT2D eigenvalue weighted by Crippen LogP contribution is 2.19.